The van der Waals surface area contributed by atoms with Crippen LogP contribution in [-0.4, -0.2) is 50.8 Å². The molecule has 8 heteroatoms. The lowest BCUT2D eigenvalue weighted by atomic mass is 10.3. The van der Waals surface area contributed by atoms with E-state index in [4.69, 9.17) is 28.9 Å². The van der Waals surface area contributed by atoms with Crippen LogP contribution in [0.5, 0.6) is 0 Å². The van der Waals surface area contributed by atoms with Gasteiger partial charge in [-0.15, -0.1) is 0 Å². The highest BCUT2D eigenvalue weighted by Crippen LogP contribution is 2.33. The van der Waals surface area contributed by atoms with Gasteiger partial charge < -0.3 is 10.6 Å². The Hall–Kier alpha value is -0.530. The van der Waals surface area contributed by atoms with E-state index in [0.29, 0.717) is 18.8 Å². The molecule has 0 aliphatic carbocycles. The molecule has 0 saturated carbocycles. The third-order valence-electron chi connectivity index (χ3n) is 3.62. The molecule has 1 aromatic carbocycles. The van der Waals surface area contributed by atoms with Crippen molar-refractivity contribution in [2.24, 2.45) is 0 Å². The molecule has 2 rings (SSSR count). The molecule has 0 unspecified atom stereocenters. The molecule has 1 fully saturated rings. The van der Waals surface area contributed by atoms with Crippen LogP contribution in [0.4, 0.5) is 5.69 Å². The Morgan fingerprint density at radius 1 is 1.24 bits per heavy atom. The fraction of sp³-hybridized carbons (Fsp3) is 0.538. The lowest BCUT2D eigenvalue weighted by Gasteiger charge is -2.22. The van der Waals surface area contributed by atoms with Gasteiger partial charge in [0.05, 0.1) is 10.0 Å². The van der Waals surface area contributed by atoms with Crippen molar-refractivity contribution in [3.8, 4) is 0 Å². The Balaban J connectivity index is 2.17. The first-order valence-electron chi connectivity index (χ1n) is 6.75. The van der Waals surface area contributed by atoms with Crippen LogP contribution in [0.15, 0.2) is 17.0 Å². The van der Waals surface area contributed by atoms with Gasteiger partial charge in [-0.2, -0.15) is 4.31 Å². The summed E-state index contributed by atoms with van der Waals surface area (Å²) < 4.78 is 26.5. The van der Waals surface area contributed by atoms with E-state index in [2.05, 4.69) is 4.90 Å². The average molecular weight is 352 g/mol. The summed E-state index contributed by atoms with van der Waals surface area (Å²) >= 11 is 12.0. The highest BCUT2D eigenvalue weighted by Gasteiger charge is 2.27. The van der Waals surface area contributed by atoms with Crippen molar-refractivity contribution in [2.75, 3.05) is 39.0 Å². The van der Waals surface area contributed by atoms with E-state index in [0.717, 1.165) is 13.1 Å². The smallest absolute Gasteiger partial charge is 0.245 e. The number of sulfonamides is 1. The molecule has 0 spiro atoms. The monoisotopic (exact) mass is 351 g/mol. The van der Waals surface area contributed by atoms with Gasteiger partial charge in [0.15, 0.2) is 0 Å². The minimum absolute atomic E-state index is 0.0491. The zero-order valence-electron chi connectivity index (χ0n) is 11.8. The number of hydrogen-bond donors (Lipinski definition) is 1. The summed E-state index contributed by atoms with van der Waals surface area (Å²) in [7, 11) is -2.19. The van der Waals surface area contributed by atoms with Gasteiger partial charge >= 0.3 is 0 Å². The van der Waals surface area contributed by atoms with Crippen LogP contribution in [0.1, 0.15) is 12.8 Å². The maximum atomic E-state index is 12.6. The van der Waals surface area contributed by atoms with Gasteiger partial charge in [-0.05, 0) is 38.1 Å². The van der Waals surface area contributed by atoms with Gasteiger partial charge in [-0.3, -0.25) is 0 Å². The predicted octanol–water partition coefficient (Wildman–Crippen LogP) is 2.29. The van der Waals surface area contributed by atoms with E-state index in [1.165, 1.54) is 36.3 Å². The molecule has 5 nitrogen and oxygen atoms in total. The zero-order valence-corrected chi connectivity index (χ0v) is 14.2. The number of nitrogen functional groups attached to an aromatic ring is 1. The molecule has 0 bridgehead atoms. The van der Waals surface area contributed by atoms with E-state index in [9.17, 15) is 8.42 Å². The Morgan fingerprint density at radius 3 is 2.29 bits per heavy atom. The fourth-order valence-electron chi connectivity index (χ4n) is 2.39. The second-order valence-corrected chi connectivity index (χ2v) is 7.99. The van der Waals surface area contributed by atoms with Gasteiger partial charge in [0, 0.05) is 25.8 Å². The Labute approximate surface area is 135 Å². The van der Waals surface area contributed by atoms with E-state index in [1.807, 2.05) is 0 Å². The van der Waals surface area contributed by atoms with Crippen LogP contribution in [0, 0.1) is 0 Å². The van der Waals surface area contributed by atoms with Crippen molar-refractivity contribution in [3.63, 3.8) is 0 Å². The minimum atomic E-state index is -3.72. The summed E-state index contributed by atoms with van der Waals surface area (Å²) in [6, 6.07) is 2.79. The zero-order chi connectivity index (χ0) is 15.6. The third-order valence-corrected chi connectivity index (χ3v) is 6.40. The molecule has 2 N–H and O–H groups in total. The molecular formula is C13H19Cl2N3O2S. The molecule has 0 amide bonds. The van der Waals surface area contributed by atoms with Crippen LogP contribution in [0.2, 0.25) is 10.0 Å². The largest absolute Gasteiger partial charge is 0.399 e. The normalized spacial score (nSPS) is 16.8. The van der Waals surface area contributed by atoms with E-state index in [1.54, 1.807) is 0 Å². The first-order valence-corrected chi connectivity index (χ1v) is 8.95. The predicted molar refractivity (Wildman–Crippen MR) is 86.4 cm³/mol. The molecule has 0 aromatic heterocycles. The van der Waals surface area contributed by atoms with Crippen LogP contribution in [0.3, 0.4) is 0 Å². The molecule has 21 heavy (non-hydrogen) atoms. The van der Waals surface area contributed by atoms with Gasteiger partial charge in [0.2, 0.25) is 10.0 Å². The van der Waals surface area contributed by atoms with Gasteiger partial charge in [0.25, 0.3) is 0 Å². The number of nitrogens with two attached hydrogens (primary N) is 1. The maximum Gasteiger partial charge on any atom is 0.245 e. The highest BCUT2D eigenvalue weighted by molar-refractivity contribution is 7.89. The average Bonchev–Trinajstić information content (AvgIpc) is 2.87. The summed E-state index contributed by atoms with van der Waals surface area (Å²) in [6.07, 6.45) is 2.35. The molecule has 1 aromatic rings. The van der Waals surface area contributed by atoms with E-state index < -0.39 is 10.0 Å². The lowest BCUT2D eigenvalue weighted by molar-refractivity contribution is 0.310. The van der Waals surface area contributed by atoms with Crippen molar-refractivity contribution in [2.45, 2.75) is 17.7 Å². The SMILES string of the molecule is CN(CCN1CCCC1)S(=O)(=O)c1c(Cl)cc(N)cc1Cl. The Kier molecular flexibility index (Phi) is 5.38. The highest BCUT2D eigenvalue weighted by atomic mass is 35.5. The molecule has 0 atom stereocenters. The number of nitrogens with zero attached hydrogens (tertiary/aromatic N) is 2. The number of likely N-dealkylation sites (N-methyl/N-ethyl adjacent to an activating group) is 1. The molecular weight excluding hydrogens is 333 g/mol. The number of likely N-dealkylation sites (tertiary alicyclic amines) is 1. The Bertz CT molecular complexity index is 593. The van der Waals surface area contributed by atoms with Crippen LogP contribution < -0.4 is 5.73 Å². The molecule has 1 aliphatic rings. The topological polar surface area (TPSA) is 66.6 Å². The first-order chi connectivity index (χ1) is 9.82. The number of hydrogen-bond acceptors (Lipinski definition) is 4. The number of anilines is 1. The van der Waals surface area contributed by atoms with Crippen molar-refractivity contribution < 1.29 is 8.42 Å². The van der Waals surface area contributed by atoms with Crippen molar-refractivity contribution in [3.05, 3.63) is 22.2 Å². The van der Waals surface area contributed by atoms with Crippen molar-refractivity contribution in [1.29, 1.82) is 0 Å². The molecule has 1 saturated heterocycles. The van der Waals surface area contributed by atoms with E-state index >= 15 is 0 Å². The molecule has 118 valence electrons. The summed E-state index contributed by atoms with van der Waals surface area (Å²) in [5.74, 6) is 0. The standard InChI is InChI=1S/C13H19Cl2N3O2S/c1-17(6-7-18-4-2-3-5-18)21(19,20)13-11(14)8-10(16)9-12(13)15/h8-9H,2-7,16H2,1H3. The van der Waals surface area contributed by atoms with Crippen LogP contribution in [-0.2, 0) is 10.0 Å². The fourth-order valence-corrected chi connectivity index (χ4v) is 4.72. The Morgan fingerprint density at radius 2 is 1.76 bits per heavy atom. The van der Waals surface area contributed by atoms with Gasteiger partial charge in [0.1, 0.15) is 4.90 Å². The number of benzene rings is 1. The maximum absolute atomic E-state index is 12.6. The summed E-state index contributed by atoms with van der Waals surface area (Å²) in [6.45, 7) is 3.16. The quantitative estimate of drug-likeness (QED) is 0.826. The first kappa shape index (κ1) is 16.8. The van der Waals surface area contributed by atoms with Crippen LogP contribution >= 0.6 is 23.2 Å². The minimum Gasteiger partial charge on any atom is -0.399 e. The van der Waals surface area contributed by atoms with Gasteiger partial charge in [-0.1, -0.05) is 23.2 Å². The number of rotatable bonds is 5. The van der Waals surface area contributed by atoms with Crippen molar-refractivity contribution >= 4 is 38.9 Å². The summed E-state index contributed by atoms with van der Waals surface area (Å²) in [5, 5.41) is 0.0982. The molecule has 1 aliphatic heterocycles. The number of halogens is 2. The van der Waals surface area contributed by atoms with E-state index in [-0.39, 0.29) is 14.9 Å². The molecule has 1 heterocycles. The summed E-state index contributed by atoms with van der Waals surface area (Å²) in [4.78, 5) is 2.17. The molecule has 0 radical (unpaired) electrons. The second kappa shape index (κ2) is 6.71. The lowest BCUT2D eigenvalue weighted by Crippen LogP contribution is -2.35. The van der Waals surface area contributed by atoms with Crippen molar-refractivity contribution in [1.82, 2.24) is 9.21 Å². The second-order valence-electron chi connectivity index (χ2n) is 5.19. The van der Waals surface area contributed by atoms with Gasteiger partial charge in [-0.25, -0.2) is 8.42 Å². The third kappa shape index (κ3) is 3.81. The summed E-state index contributed by atoms with van der Waals surface area (Å²) in [5.41, 5.74) is 5.94. The van der Waals surface area contributed by atoms with Crippen LogP contribution in [0.25, 0.3) is 0 Å².